The molecule has 0 aliphatic carbocycles. The Bertz CT molecular complexity index is 716. The van der Waals surface area contributed by atoms with Gasteiger partial charge in [-0.25, -0.2) is 8.42 Å². The van der Waals surface area contributed by atoms with E-state index < -0.39 is 10.0 Å². The summed E-state index contributed by atoms with van der Waals surface area (Å²) in [5.74, 6) is 0. The zero-order valence-corrected chi connectivity index (χ0v) is 11.6. The van der Waals surface area contributed by atoms with Crippen LogP contribution in [0.3, 0.4) is 0 Å². The lowest BCUT2D eigenvalue weighted by atomic mass is 9.99. The van der Waals surface area contributed by atoms with E-state index in [1.54, 1.807) is 24.4 Å². The maximum Gasteiger partial charge on any atom is 0.265 e. The summed E-state index contributed by atoms with van der Waals surface area (Å²) in [5.41, 5.74) is 7.59. The number of rotatable bonds is 2. The van der Waals surface area contributed by atoms with E-state index in [1.807, 2.05) is 18.2 Å². The van der Waals surface area contributed by atoms with Crippen molar-refractivity contribution in [3.63, 3.8) is 0 Å². The zero-order valence-electron chi connectivity index (χ0n) is 10.8. The minimum atomic E-state index is -3.58. The van der Waals surface area contributed by atoms with Crippen LogP contribution in [0.1, 0.15) is 18.0 Å². The Kier molecular flexibility index (Phi) is 3.19. The molecule has 104 valence electrons. The molecule has 0 amide bonds. The number of hydrogen-bond acceptors (Lipinski definition) is 4. The second kappa shape index (κ2) is 4.88. The molecule has 0 saturated carbocycles. The number of sulfonamides is 1. The molecule has 2 heterocycles. The molecule has 1 unspecified atom stereocenters. The number of para-hydroxylation sites is 1. The molecule has 20 heavy (non-hydrogen) atoms. The fourth-order valence-electron chi connectivity index (χ4n) is 2.44. The summed E-state index contributed by atoms with van der Waals surface area (Å²) in [6.45, 7) is 0.384. The number of fused-ring (bicyclic) bond motifs is 1. The molecule has 0 saturated heterocycles. The first-order chi connectivity index (χ1) is 9.60. The first-order valence-electron chi connectivity index (χ1n) is 6.38. The highest BCUT2D eigenvalue weighted by atomic mass is 32.2. The lowest BCUT2D eigenvalue weighted by Crippen LogP contribution is -2.38. The van der Waals surface area contributed by atoms with Crippen LogP contribution in [-0.2, 0) is 10.0 Å². The minimum Gasteiger partial charge on any atom is -0.324 e. The van der Waals surface area contributed by atoms with Gasteiger partial charge < -0.3 is 5.73 Å². The van der Waals surface area contributed by atoms with Crippen molar-refractivity contribution in [3.8, 4) is 0 Å². The molecule has 2 N–H and O–H groups in total. The van der Waals surface area contributed by atoms with E-state index in [1.165, 1.54) is 10.5 Å². The van der Waals surface area contributed by atoms with Gasteiger partial charge >= 0.3 is 0 Å². The number of pyridine rings is 1. The van der Waals surface area contributed by atoms with Crippen LogP contribution in [0.5, 0.6) is 0 Å². The number of benzene rings is 1. The second-order valence-electron chi connectivity index (χ2n) is 4.72. The first kappa shape index (κ1) is 13.1. The van der Waals surface area contributed by atoms with Crippen LogP contribution in [0.15, 0.2) is 53.7 Å². The zero-order chi connectivity index (χ0) is 14.2. The van der Waals surface area contributed by atoms with Crippen molar-refractivity contribution >= 4 is 15.7 Å². The third-order valence-corrected chi connectivity index (χ3v) is 5.27. The second-order valence-corrected chi connectivity index (χ2v) is 6.58. The fourth-order valence-corrected chi connectivity index (χ4v) is 3.91. The molecule has 6 heteroatoms. The van der Waals surface area contributed by atoms with Gasteiger partial charge in [-0.3, -0.25) is 9.29 Å². The van der Waals surface area contributed by atoms with Gasteiger partial charge in [0.25, 0.3) is 10.0 Å². The highest BCUT2D eigenvalue weighted by Gasteiger charge is 2.31. The van der Waals surface area contributed by atoms with Crippen LogP contribution < -0.4 is 10.0 Å². The van der Waals surface area contributed by atoms with Crippen molar-refractivity contribution in [2.75, 3.05) is 10.8 Å². The summed E-state index contributed by atoms with van der Waals surface area (Å²) >= 11 is 0. The smallest absolute Gasteiger partial charge is 0.265 e. The molecule has 5 nitrogen and oxygen atoms in total. The summed E-state index contributed by atoms with van der Waals surface area (Å²) in [6.07, 6.45) is 3.53. The van der Waals surface area contributed by atoms with Gasteiger partial charge in [0.05, 0.1) is 5.69 Å². The van der Waals surface area contributed by atoms with Gasteiger partial charge in [0.1, 0.15) is 4.90 Å². The Morgan fingerprint density at radius 1 is 1.20 bits per heavy atom. The van der Waals surface area contributed by atoms with Crippen LogP contribution in [0.4, 0.5) is 5.69 Å². The highest BCUT2D eigenvalue weighted by Crippen LogP contribution is 2.35. The summed E-state index contributed by atoms with van der Waals surface area (Å²) in [4.78, 5) is 4.09. The lowest BCUT2D eigenvalue weighted by Gasteiger charge is -2.33. The normalized spacial score (nSPS) is 18.6. The Labute approximate surface area is 118 Å². The van der Waals surface area contributed by atoms with Gasteiger partial charge in [-0.1, -0.05) is 18.2 Å². The Balaban J connectivity index is 2.10. The van der Waals surface area contributed by atoms with Gasteiger partial charge in [0, 0.05) is 25.0 Å². The van der Waals surface area contributed by atoms with Crippen molar-refractivity contribution in [1.29, 1.82) is 0 Å². The number of hydrogen-bond donors (Lipinski definition) is 1. The molecule has 1 aliphatic rings. The van der Waals surface area contributed by atoms with Crippen LogP contribution in [-0.4, -0.2) is 19.9 Å². The van der Waals surface area contributed by atoms with Gasteiger partial charge in [0.15, 0.2) is 0 Å². The molecular weight excluding hydrogens is 274 g/mol. The molecule has 1 atom stereocenters. The predicted molar refractivity (Wildman–Crippen MR) is 76.8 cm³/mol. The summed E-state index contributed by atoms with van der Waals surface area (Å²) in [7, 11) is -3.58. The van der Waals surface area contributed by atoms with Crippen molar-refractivity contribution < 1.29 is 8.42 Å². The summed E-state index contributed by atoms with van der Waals surface area (Å²) < 4.78 is 26.8. The molecular formula is C14H15N3O2S. The average Bonchev–Trinajstić information content (AvgIpc) is 2.48. The number of aromatic nitrogens is 1. The quantitative estimate of drug-likeness (QED) is 0.912. The van der Waals surface area contributed by atoms with Gasteiger partial charge in [-0.2, -0.15) is 0 Å². The van der Waals surface area contributed by atoms with Crippen LogP contribution in [0.25, 0.3) is 0 Å². The van der Waals surface area contributed by atoms with E-state index in [2.05, 4.69) is 4.98 Å². The Hall–Kier alpha value is -1.92. The SMILES string of the molecule is NC1CCN(S(=O)(=O)c2cccnc2)c2ccccc21. The topological polar surface area (TPSA) is 76.3 Å². The number of nitrogens with two attached hydrogens (primary N) is 1. The van der Waals surface area contributed by atoms with Crippen molar-refractivity contribution in [2.45, 2.75) is 17.4 Å². The first-order valence-corrected chi connectivity index (χ1v) is 7.82. The van der Waals surface area contributed by atoms with E-state index in [0.29, 0.717) is 18.7 Å². The third kappa shape index (κ3) is 2.07. The van der Waals surface area contributed by atoms with Gasteiger partial charge in [-0.05, 0) is 30.2 Å². The number of anilines is 1. The van der Waals surface area contributed by atoms with Crippen molar-refractivity contribution in [1.82, 2.24) is 4.98 Å². The molecule has 1 aliphatic heterocycles. The molecule has 2 aromatic rings. The molecule has 0 bridgehead atoms. The molecule has 3 rings (SSSR count). The maximum absolute atomic E-state index is 12.7. The molecule has 1 aromatic carbocycles. The summed E-state index contributed by atoms with van der Waals surface area (Å²) in [5, 5.41) is 0. The van der Waals surface area contributed by atoms with Crippen molar-refractivity contribution in [2.24, 2.45) is 5.73 Å². The fraction of sp³-hybridized carbons (Fsp3) is 0.214. The molecule has 1 aromatic heterocycles. The van der Waals surface area contributed by atoms with Crippen LogP contribution in [0.2, 0.25) is 0 Å². The highest BCUT2D eigenvalue weighted by molar-refractivity contribution is 7.92. The lowest BCUT2D eigenvalue weighted by molar-refractivity contribution is 0.574. The standard InChI is InChI=1S/C14H15N3O2S/c15-13-7-9-17(14-6-2-1-5-12(13)14)20(18,19)11-4-3-8-16-10-11/h1-6,8,10,13H,7,9,15H2. The minimum absolute atomic E-state index is 0.119. The molecule has 0 spiro atoms. The molecule has 0 radical (unpaired) electrons. The summed E-state index contributed by atoms with van der Waals surface area (Å²) in [6, 6.07) is 10.4. The number of nitrogens with zero attached hydrogens (tertiary/aromatic N) is 2. The largest absolute Gasteiger partial charge is 0.324 e. The monoisotopic (exact) mass is 289 g/mol. The molecule has 0 fully saturated rings. The van der Waals surface area contributed by atoms with Gasteiger partial charge in [-0.15, -0.1) is 0 Å². The Morgan fingerprint density at radius 3 is 2.75 bits per heavy atom. The average molecular weight is 289 g/mol. The van der Waals surface area contributed by atoms with Crippen molar-refractivity contribution in [3.05, 3.63) is 54.4 Å². The van der Waals surface area contributed by atoms with E-state index in [0.717, 1.165) is 5.56 Å². The van der Waals surface area contributed by atoms with Crippen LogP contribution in [0, 0.1) is 0 Å². The van der Waals surface area contributed by atoms with E-state index in [4.69, 9.17) is 5.73 Å². The maximum atomic E-state index is 12.7. The van der Waals surface area contributed by atoms with E-state index in [-0.39, 0.29) is 10.9 Å². The third-order valence-electron chi connectivity index (χ3n) is 3.47. The van der Waals surface area contributed by atoms with E-state index >= 15 is 0 Å². The Morgan fingerprint density at radius 2 is 2.00 bits per heavy atom. The predicted octanol–water partition coefficient (Wildman–Crippen LogP) is 1.68. The van der Waals surface area contributed by atoms with Gasteiger partial charge in [0.2, 0.25) is 0 Å². The van der Waals surface area contributed by atoms with E-state index in [9.17, 15) is 8.42 Å². The van der Waals surface area contributed by atoms with Crippen LogP contribution >= 0.6 is 0 Å².